The van der Waals surface area contributed by atoms with Gasteiger partial charge >= 0.3 is 0 Å². The molecule has 0 bridgehead atoms. The van der Waals surface area contributed by atoms with Crippen molar-refractivity contribution in [1.29, 1.82) is 0 Å². The predicted molar refractivity (Wildman–Crippen MR) is 104 cm³/mol. The molecule has 0 aliphatic carbocycles. The van der Waals surface area contributed by atoms with Crippen LogP contribution < -0.4 is 10.6 Å². The maximum absolute atomic E-state index is 5.67. The number of fused-ring (bicyclic) bond motifs is 2. The van der Waals surface area contributed by atoms with Gasteiger partial charge in [-0.2, -0.15) is 10.1 Å². The van der Waals surface area contributed by atoms with Crippen molar-refractivity contribution in [2.45, 2.75) is 18.9 Å². The third-order valence-electron chi connectivity index (χ3n) is 4.52. The molecule has 1 aliphatic heterocycles. The first-order valence-electron chi connectivity index (χ1n) is 8.66. The summed E-state index contributed by atoms with van der Waals surface area (Å²) >= 11 is 1.63. The summed E-state index contributed by atoms with van der Waals surface area (Å²) in [4.78, 5) is 9.31. The molecule has 1 unspecified atom stereocenters. The smallest absolute Gasteiger partial charge is 0.225 e. The topological polar surface area (TPSA) is 87.8 Å². The van der Waals surface area contributed by atoms with Crippen LogP contribution in [0.4, 0.5) is 17.5 Å². The van der Waals surface area contributed by atoms with Crippen LogP contribution in [-0.2, 0) is 4.74 Å². The molecule has 3 N–H and O–H groups in total. The van der Waals surface area contributed by atoms with E-state index in [4.69, 9.17) is 9.72 Å². The molecule has 0 amide bonds. The Bertz CT molecular complexity index is 1050. The van der Waals surface area contributed by atoms with E-state index >= 15 is 0 Å². The lowest BCUT2D eigenvalue weighted by Gasteiger charge is -2.12. The Labute approximate surface area is 153 Å². The molecular formula is C18H18N6OS. The van der Waals surface area contributed by atoms with Gasteiger partial charge in [-0.15, -0.1) is 11.3 Å². The molecule has 8 heteroatoms. The Morgan fingerprint density at radius 1 is 1.27 bits per heavy atom. The van der Waals surface area contributed by atoms with E-state index < -0.39 is 0 Å². The Morgan fingerprint density at radius 3 is 3.19 bits per heavy atom. The zero-order chi connectivity index (χ0) is 17.3. The zero-order valence-corrected chi connectivity index (χ0v) is 14.8. The molecule has 4 aromatic rings. The number of aromatic nitrogens is 4. The van der Waals surface area contributed by atoms with Gasteiger partial charge in [0.1, 0.15) is 0 Å². The minimum Gasteiger partial charge on any atom is -0.376 e. The summed E-state index contributed by atoms with van der Waals surface area (Å²) in [5.41, 5.74) is 2.92. The van der Waals surface area contributed by atoms with Gasteiger partial charge in [-0.1, -0.05) is 0 Å². The van der Waals surface area contributed by atoms with E-state index in [1.165, 1.54) is 0 Å². The number of ether oxygens (including phenoxy) is 1. The van der Waals surface area contributed by atoms with Gasteiger partial charge in [0.05, 0.1) is 28.0 Å². The normalized spacial score (nSPS) is 17.2. The first-order valence-corrected chi connectivity index (χ1v) is 9.54. The van der Waals surface area contributed by atoms with Gasteiger partial charge in [0.15, 0.2) is 5.82 Å². The number of benzene rings is 1. The Hall–Kier alpha value is -2.71. The van der Waals surface area contributed by atoms with Crippen LogP contribution in [0, 0.1) is 0 Å². The average Bonchev–Trinajstić information content (AvgIpc) is 3.40. The quantitative estimate of drug-likeness (QED) is 0.496. The fourth-order valence-electron chi connectivity index (χ4n) is 3.19. The van der Waals surface area contributed by atoms with E-state index in [0.29, 0.717) is 5.95 Å². The van der Waals surface area contributed by atoms with Crippen LogP contribution in [0.1, 0.15) is 12.8 Å². The van der Waals surface area contributed by atoms with Crippen molar-refractivity contribution in [3.05, 3.63) is 35.8 Å². The number of hydrogen-bond donors (Lipinski definition) is 3. The molecule has 132 valence electrons. The highest BCUT2D eigenvalue weighted by molar-refractivity contribution is 7.17. The van der Waals surface area contributed by atoms with Crippen LogP contribution in [0.25, 0.3) is 21.1 Å². The first-order chi connectivity index (χ1) is 12.8. The summed E-state index contributed by atoms with van der Waals surface area (Å²) in [6, 6.07) is 8.10. The number of rotatable bonds is 5. The lowest BCUT2D eigenvalue weighted by atomic mass is 10.2. The minimum atomic E-state index is 0.247. The fourth-order valence-corrected chi connectivity index (χ4v) is 3.97. The van der Waals surface area contributed by atoms with E-state index in [-0.39, 0.29) is 6.10 Å². The van der Waals surface area contributed by atoms with Gasteiger partial charge in [-0.3, -0.25) is 5.10 Å². The molecule has 0 radical (unpaired) electrons. The monoisotopic (exact) mass is 366 g/mol. The molecule has 3 aromatic heterocycles. The van der Waals surface area contributed by atoms with Crippen molar-refractivity contribution in [3.8, 4) is 0 Å². The molecule has 1 saturated heterocycles. The highest BCUT2D eigenvalue weighted by Crippen LogP contribution is 2.30. The van der Waals surface area contributed by atoms with E-state index in [9.17, 15) is 0 Å². The molecular weight excluding hydrogens is 348 g/mol. The standard InChI is InChI=1S/C18H18N6OS/c1-2-13(25-6-1)10-19-18-22-15-5-7-26-16(15)17(23-18)21-12-3-4-14-11(8-12)9-20-24-14/h3-5,7-9,13H,1-2,6,10H2,(H,20,24)(H2,19,21,22,23). The molecule has 1 aliphatic rings. The van der Waals surface area contributed by atoms with Gasteiger partial charge < -0.3 is 15.4 Å². The average molecular weight is 366 g/mol. The number of thiophene rings is 1. The van der Waals surface area contributed by atoms with Gasteiger partial charge in [0.2, 0.25) is 5.95 Å². The highest BCUT2D eigenvalue weighted by atomic mass is 32.1. The summed E-state index contributed by atoms with van der Waals surface area (Å²) in [6.07, 6.45) is 4.27. The van der Waals surface area contributed by atoms with Crippen LogP contribution in [0.5, 0.6) is 0 Å². The Kier molecular flexibility index (Phi) is 3.91. The second kappa shape index (κ2) is 6.54. The van der Waals surface area contributed by atoms with Crippen molar-refractivity contribution >= 4 is 49.9 Å². The summed E-state index contributed by atoms with van der Waals surface area (Å²) in [5, 5.41) is 16.9. The number of aromatic amines is 1. The number of H-pyrrole nitrogens is 1. The molecule has 0 saturated carbocycles. The van der Waals surface area contributed by atoms with Crippen molar-refractivity contribution in [3.63, 3.8) is 0 Å². The van der Waals surface area contributed by atoms with Gasteiger partial charge in [-0.05, 0) is 42.5 Å². The lowest BCUT2D eigenvalue weighted by Crippen LogP contribution is -2.19. The van der Waals surface area contributed by atoms with Crippen LogP contribution >= 0.6 is 11.3 Å². The van der Waals surface area contributed by atoms with Crippen molar-refractivity contribution in [1.82, 2.24) is 20.2 Å². The zero-order valence-electron chi connectivity index (χ0n) is 14.0. The van der Waals surface area contributed by atoms with Gasteiger partial charge in [0, 0.05) is 24.2 Å². The van der Waals surface area contributed by atoms with E-state index in [0.717, 1.165) is 58.6 Å². The number of hydrogen-bond acceptors (Lipinski definition) is 7. The summed E-state index contributed by atoms with van der Waals surface area (Å²) < 4.78 is 6.71. The van der Waals surface area contributed by atoms with E-state index in [2.05, 4.69) is 31.9 Å². The maximum atomic E-state index is 5.67. The van der Waals surface area contributed by atoms with E-state index in [1.54, 1.807) is 11.3 Å². The SMILES string of the molecule is c1cc2nc(NCC3CCCO3)nc(Nc3ccc4[nH]ncc4c3)c2s1. The Balaban J connectivity index is 1.44. The minimum absolute atomic E-state index is 0.247. The molecule has 7 nitrogen and oxygen atoms in total. The third kappa shape index (κ3) is 2.97. The largest absolute Gasteiger partial charge is 0.376 e. The van der Waals surface area contributed by atoms with E-state index in [1.807, 2.05) is 29.8 Å². The molecule has 1 atom stereocenters. The molecule has 0 spiro atoms. The third-order valence-corrected chi connectivity index (χ3v) is 5.43. The fraction of sp³-hybridized carbons (Fsp3) is 0.278. The second-order valence-electron chi connectivity index (χ2n) is 6.34. The van der Waals surface area contributed by atoms with Crippen molar-refractivity contribution in [2.75, 3.05) is 23.8 Å². The maximum Gasteiger partial charge on any atom is 0.225 e. The Morgan fingerprint density at radius 2 is 2.27 bits per heavy atom. The molecule has 1 aromatic carbocycles. The molecule has 4 heterocycles. The highest BCUT2D eigenvalue weighted by Gasteiger charge is 2.16. The predicted octanol–water partition coefficient (Wildman–Crippen LogP) is 3.90. The summed E-state index contributed by atoms with van der Waals surface area (Å²) in [5.74, 6) is 1.43. The number of nitrogens with zero attached hydrogens (tertiary/aromatic N) is 3. The van der Waals surface area contributed by atoms with Crippen molar-refractivity contribution < 1.29 is 4.74 Å². The number of anilines is 3. The van der Waals surface area contributed by atoms with Gasteiger partial charge in [-0.25, -0.2) is 4.98 Å². The molecule has 5 rings (SSSR count). The lowest BCUT2D eigenvalue weighted by molar-refractivity contribution is 0.120. The van der Waals surface area contributed by atoms with Gasteiger partial charge in [0.25, 0.3) is 0 Å². The van der Waals surface area contributed by atoms with Crippen LogP contribution in [0.3, 0.4) is 0 Å². The van der Waals surface area contributed by atoms with Crippen LogP contribution in [0.2, 0.25) is 0 Å². The van der Waals surface area contributed by atoms with Crippen molar-refractivity contribution in [2.24, 2.45) is 0 Å². The van der Waals surface area contributed by atoms with Crippen LogP contribution in [-0.4, -0.2) is 39.4 Å². The summed E-state index contributed by atoms with van der Waals surface area (Å²) in [6.45, 7) is 1.58. The molecule has 1 fully saturated rings. The molecule has 26 heavy (non-hydrogen) atoms. The first kappa shape index (κ1) is 15.5. The summed E-state index contributed by atoms with van der Waals surface area (Å²) in [7, 11) is 0. The second-order valence-corrected chi connectivity index (χ2v) is 7.26. The number of nitrogens with one attached hydrogen (secondary N) is 3. The van der Waals surface area contributed by atoms with Crippen LogP contribution in [0.15, 0.2) is 35.8 Å².